The molecule has 1 aliphatic heterocycles. The highest BCUT2D eigenvalue weighted by molar-refractivity contribution is 4.90. The van der Waals surface area contributed by atoms with Crippen LogP contribution in [0.5, 0.6) is 0 Å². The fourth-order valence-corrected chi connectivity index (χ4v) is 3.17. The maximum Gasteiger partial charge on any atom is 0.0462 e. The fourth-order valence-electron chi connectivity index (χ4n) is 3.17. The molecule has 0 bridgehead atoms. The molecule has 20 heavy (non-hydrogen) atoms. The van der Waals surface area contributed by atoms with E-state index >= 15 is 0 Å². The predicted molar refractivity (Wildman–Crippen MR) is 87.2 cm³/mol. The highest BCUT2D eigenvalue weighted by Gasteiger charge is 2.31. The van der Waals surface area contributed by atoms with Crippen LogP contribution in [0.15, 0.2) is 0 Å². The van der Waals surface area contributed by atoms with Crippen molar-refractivity contribution in [3.05, 3.63) is 0 Å². The van der Waals surface area contributed by atoms with E-state index in [1.54, 1.807) is 7.11 Å². The van der Waals surface area contributed by atoms with Crippen LogP contribution in [0.4, 0.5) is 0 Å². The lowest BCUT2D eigenvalue weighted by molar-refractivity contribution is 0.0719. The molecule has 0 saturated carbocycles. The standard InChI is InChI=1S/C17H36N2O/c1-6-14(3)16-13-19(10-8-9-11-20-5)17(12-18-16)15(4)7-2/h14-18H,6-13H2,1-5H3. The van der Waals surface area contributed by atoms with Crippen LogP contribution < -0.4 is 5.32 Å². The van der Waals surface area contributed by atoms with Gasteiger partial charge in [-0.1, -0.05) is 40.5 Å². The van der Waals surface area contributed by atoms with Crippen molar-refractivity contribution in [3.8, 4) is 0 Å². The molecule has 3 nitrogen and oxygen atoms in total. The normalized spacial score (nSPS) is 27.4. The highest BCUT2D eigenvalue weighted by atomic mass is 16.5. The van der Waals surface area contributed by atoms with Crippen LogP contribution in [0.3, 0.4) is 0 Å². The minimum absolute atomic E-state index is 0.669. The third kappa shape index (κ3) is 5.34. The summed E-state index contributed by atoms with van der Waals surface area (Å²) >= 11 is 0. The summed E-state index contributed by atoms with van der Waals surface area (Å²) < 4.78 is 5.17. The Morgan fingerprint density at radius 1 is 1.15 bits per heavy atom. The molecule has 3 heteroatoms. The van der Waals surface area contributed by atoms with Gasteiger partial charge in [-0.2, -0.15) is 0 Å². The Bertz CT molecular complexity index is 247. The second-order valence-electron chi connectivity index (χ2n) is 6.55. The lowest BCUT2D eigenvalue weighted by Gasteiger charge is -2.44. The van der Waals surface area contributed by atoms with Crippen LogP contribution in [0.25, 0.3) is 0 Å². The Balaban J connectivity index is 2.53. The van der Waals surface area contributed by atoms with Crippen molar-refractivity contribution < 1.29 is 4.74 Å². The van der Waals surface area contributed by atoms with Crippen LogP contribution >= 0.6 is 0 Å². The molecule has 0 aromatic rings. The van der Waals surface area contributed by atoms with E-state index < -0.39 is 0 Å². The zero-order valence-corrected chi connectivity index (χ0v) is 14.3. The van der Waals surface area contributed by atoms with E-state index in [4.69, 9.17) is 4.74 Å². The maximum atomic E-state index is 5.17. The third-order valence-electron chi connectivity index (χ3n) is 5.16. The van der Waals surface area contributed by atoms with Gasteiger partial charge in [0, 0.05) is 38.9 Å². The van der Waals surface area contributed by atoms with Crippen LogP contribution in [-0.2, 0) is 4.74 Å². The van der Waals surface area contributed by atoms with Crippen molar-refractivity contribution in [2.45, 2.75) is 65.5 Å². The van der Waals surface area contributed by atoms with Gasteiger partial charge in [0.25, 0.3) is 0 Å². The van der Waals surface area contributed by atoms with Gasteiger partial charge < -0.3 is 10.1 Å². The van der Waals surface area contributed by atoms with Crippen LogP contribution in [-0.4, -0.2) is 50.3 Å². The van der Waals surface area contributed by atoms with E-state index in [9.17, 15) is 0 Å². The molecule has 0 aromatic carbocycles. The monoisotopic (exact) mass is 284 g/mol. The Kier molecular flexibility index (Phi) is 8.74. The zero-order valence-electron chi connectivity index (χ0n) is 14.3. The first kappa shape index (κ1) is 17.9. The lowest BCUT2D eigenvalue weighted by Crippen LogP contribution is -2.60. The predicted octanol–water partition coefficient (Wildman–Crippen LogP) is 3.15. The van der Waals surface area contributed by atoms with Crippen molar-refractivity contribution in [2.24, 2.45) is 11.8 Å². The molecule has 1 saturated heterocycles. The molecule has 1 N–H and O–H groups in total. The molecule has 120 valence electrons. The van der Waals surface area contributed by atoms with Crippen molar-refractivity contribution in [3.63, 3.8) is 0 Å². The van der Waals surface area contributed by atoms with Crippen LogP contribution in [0.1, 0.15) is 53.4 Å². The van der Waals surface area contributed by atoms with Gasteiger partial charge >= 0.3 is 0 Å². The molecule has 1 fully saturated rings. The van der Waals surface area contributed by atoms with E-state index in [1.807, 2.05) is 0 Å². The average molecular weight is 284 g/mol. The van der Waals surface area contributed by atoms with Crippen molar-refractivity contribution in [1.29, 1.82) is 0 Å². The van der Waals surface area contributed by atoms with E-state index in [2.05, 4.69) is 37.9 Å². The first-order valence-corrected chi connectivity index (χ1v) is 8.60. The number of hydrogen-bond donors (Lipinski definition) is 1. The molecular formula is C17H36N2O. The second kappa shape index (κ2) is 9.75. The molecule has 0 aromatic heterocycles. The smallest absolute Gasteiger partial charge is 0.0462 e. The van der Waals surface area contributed by atoms with Gasteiger partial charge in [-0.25, -0.2) is 0 Å². The summed E-state index contributed by atoms with van der Waals surface area (Å²) in [4.78, 5) is 2.75. The van der Waals surface area contributed by atoms with Gasteiger partial charge in [0.2, 0.25) is 0 Å². The van der Waals surface area contributed by atoms with Crippen molar-refractivity contribution in [1.82, 2.24) is 10.2 Å². The van der Waals surface area contributed by atoms with Crippen LogP contribution in [0, 0.1) is 11.8 Å². The number of ether oxygens (including phenoxy) is 1. The molecule has 0 aliphatic carbocycles. The van der Waals surface area contributed by atoms with E-state index in [0.29, 0.717) is 12.1 Å². The van der Waals surface area contributed by atoms with Crippen molar-refractivity contribution >= 4 is 0 Å². The number of piperazine rings is 1. The minimum atomic E-state index is 0.669. The molecule has 4 unspecified atom stereocenters. The quantitative estimate of drug-likeness (QED) is 0.658. The SMILES string of the molecule is CCC(C)C1CN(CCCCOC)C(C(C)CC)CN1. The van der Waals surface area contributed by atoms with E-state index in [1.165, 1.54) is 38.8 Å². The summed E-state index contributed by atoms with van der Waals surface area (Å²) in [7, 11) is 1.80. The molecule has 0 radical (unpaired) electrons. The maximum absolute atomic E-state index is 5.17. The number of methoxy groups -OCH3 is 1. The number of nitrogens with one attached hydrogen (secondary N) is 1. The molecule has 1 rings (SSSR count). The average Bonchev–Trinajstić information content (AvgIpc) is 2.49. The summed E-state index contributed by atoms with van der Waals surface area (Å²) in [5.41, 5.74) is 0. The molecule has 0 spiro atoms. The second-order valence-corrected chi connectivity index (χ2v) is 6.55. The first-order valence-electron chi connectivity index (χ1n) is 8.60. The van der Waals surface area contributed by atoms with Gasteiger partial charge in [-0.05, 0) is 31.2 Å². The summed E-state index contributed by atoms with van der Waals surface area (Å²) in [5, 5.41) is 3.80. The van der Waals surface area contributed by atoms with E-state index in [0.717, 1.165) is 25.0 Å². The number of rotatable bonds is 9. The minimum Gasteiger partial charge on any atom is -0.385 e. The third-order valence-corrected chi connectivity index (χ3v) is 5.16. The van der Waals surface area contributed by atoms with Gasteiger partial charge in [0.15, 0.2) is 0 Å². The number of hydrogen-bond acceptors (Lipinski definition) is 3. The summed E-state index contributed by atoms with van der Waals surface area (Å²) in [6.07, 6.45) is 4.98. The van der Waals surface area contributed by atoms with E-state index in [-0.39, 0.29) is 0 Å². The van der Waals surface area contributed by atoms with Gasteiger partial charge in [0.05, 0.1) is 0 Å². The fraction of sp³-hybridized carbons (Fsp3) is 1.00. The Morgan fingerprint density at radius 2 is 1.85 bits per heavy atom. The molecular weight excluding hydrogens is 248 g/mol. The largest absolute Gasteiger partial charge is 0.385 e. The lowest BCUT2D eigenvalue weighted by atomic mass is 9.90. The summed E-state index contributed by atoms with van der Waals surface area (Å²) in [6, 6.07) is 1.38. The first-order chi connectivity index (χ1) is 9.63. The summed E-state index contributed by atoms with van der Waals surface area (Å²) in [6.45, 7) is 13.9. The van der Waals surface area contributed by atoms with Gasteiger partial charge in [-0.15, -0.1) is 0 Å². The molecule has 1 heterocycles. The van der Waals surface area contributed by atoms with Crippen molar-refractivity contribution in [2.75, 3.05) is 33.4 Å². The Hall–Kier alpha value is -0.120. The molecule has 0 amide bonds. The topological polar surface area (TPSA) is 24.5 Å². The van der Waals surface area contributed by atoms with Crippen LogP contribution in [0.2, 0.25) is 0 Å². The Labute approximate surface area is 126 Å². The molecule has 1 aliphatic rings. The van der Waals surface area contributed by atoms with Gasteiger partial charge in [-0.3, -0.25) is 4.90 Å². The number of unbranched alkanes of at least 4 members (excludes halogenated alkanes) is 1. The molecule has 4 atom stereocenters. The summed E-state index contributed by atoms with van der Waals surface area (Å²) in [5.74, 6) is 1.55. The Morgan fingerprint density at radius 3 is 2.45 bits per heavy atom. The highest BCUT2D eigenvalue weighted by Crippen LogP contribution is 2.22. The van der Waals surface area contributed by atoms with Gasteiger partial charge in [0.1, 0.15) is 0 Å². The zero-order chi connectivity index (χ0) is 15.0. The number of nitrogens with zero attached hydrogens (tertiary/aromatic N) is 1.